The van der Waals surface area contributed by atoms with E-state index in [0.717, 1.165) is 12.1 Å². The minimum absolute atomic E-state index is 0. The number of nitrogens with two attached hydrogens (primary N) is 1. The van der Waals surface area contributed by atoms with Crippen LogP contribution in [0.3, 0.4) is 0 Å². The summed E-state index contributed by atoms with van der Waals surface area (Å²) in [6, 6.07) is 6.32. The van der Waals surface area contributed by atoms with Gasteiger partial charge in [0.15, 0.2) is 0 Å². The van der Waals surface area contributed by atoms with Crippen LogP contribution in [0.1, 0.15) is 12.0 Å². The minimum atomic E-state index is -3.66. The molecule has 1 heterocycles. The maximum atomic E-state index is 11.8. The Morgan fingerprint density at radius 1 is 1.35 bits per heavy atom. The van der Waals surface area contributed by atoms with Crippen LogP contribution in [0.2, 0.25) is 0 Å². The molecule has 1 aliphatic rings. The predicted molar refractivity (Wildman–Crippen MR) is 89.0 cm³/mol. The monoisotopic (exact) mass is 363 g/mol. The van der Waals surface area contributed by atoms with E-state index in [4.69, 9.17) is 9.88 Å². The van der Waals surface area contributed by atoms with Crippen molar-refractivity contribution in [3.8, 4) is 0 Å². The van der Waals surface area contributed by atoms with Crippen molar-refractivity contribution in [2.75, 3.05) is 26.2 Å². The number of hydrogen-bond acceptors (Lipinski definition) is 5. The normalized spacial score (nSPS) is 18.0. The molecule has 0 saturated carbocycles. The molecule has 23 heavy (non-hydrogen) atoms. The number of nitrogens with one attached hydrogen (secondary N) is 2. The topological polar surface area (TPSA) is 111 Å². The highest BCUT2D eigenvalue weighted by Crippen LogP contribution is 2.09. The van der Waals surface area contributed by atoms with E-state index in [-0.39, 0.29) is 29.3 Å². The van der Waals surface area contributed by atoms with Gasteiger partial charge in [0.05, 0.1) is 24.0 Å². The van der Waals surface area contributed by atoms with Crippen LogP contribution in [0.5, 0.6) is 0 Å². The molecule has 1 saturated heterocycles. The summed E-state index contributed by atoms with van der Waals surface area (Å²) in [5, 5.41) is 11.0. The molecule has 1 atom stereocenters. The zero-order chi connectivity index (χ0) is 16.0. The first-order chi connectivity index (χ1) is 10.4. The average molecular weight is 364 g/mol. The van der Waals surface area contributed by atoms with Gasteiger partial charge in [0.1, 0.15) is 0 Å². The Bertz CT molecular complexity index is 601. The Labute approximate surface area is 142 Å². The number of carbonyl (C=O) groups excluding carboxylic acids is 1. The van der Waals surface area contributed by atoms with E-state index in [0.29, 0.717) is 32.5 Å². The molecule has 4 N–H and O–H groups in total. The van der Waals surface area contributed by atoms with Gasteiger partial charge in [-0.3, -0.25) is 4.79 Å². The number of primary sulfonamides is 1. The number of ether oxygens (including phenoxy) is 1. The molecule has 1 unspecified atom stereocenters. The van der Waals surface area contributed by atoms with Gasteiger partial charge in [-0.25, -0.2) is 13.6 Å². The van der Waals surface area contributed by atoms with Crippen molar-refractivity contribution in [1.29, 1.82) is 0 Å². The largest absolute Gasteiger partial charge is 0.375 e. The molecular weight excluding hydrogens is 342 g/mol. The highest BCUT2D eigenvalue weighted by atomic mass is 35.5. The van der Waals surface area contributed by atoms with Crippen molar-refractivity contribution in [2.24, 2.45) is 5.14 Å². The average Bonchev–Trinajstić information content (AvgIpc) is 2.48. The first-order valence-electron chi connectivity index (χ1n) is 7.16. The fraction of sp³-hybridized carbons (Fsp3) is 0.500. The van der Waals surface area contributed by atoms with Crippen molar-refractivity contribution >= 4 is 28.3 Å². The molecule has 0 spiro atoms. The zero-order valence-corrected chi connectivity index (χ0v) is 14.3. The second-order valence-corrected chi connectivity index (χ2v) is 6.75. The van der Waals surface area contributed by atoms with Crippen molar-refractivity contribution in [1.82, 2.24) is 10.6 Å². The van der Waals surface area contributed by atoms with Crippen LogP contribution < -0.4 is 15.8 Å². The van der Waals surface area contributed by atoms with Crippen molar-refractivity contribution < 1.29 is 17.9 Å². The number of amides is 1. The summed E-state index contributed by atoms with van der Waals surface area (Å²) < 4.78 is 27.7. The van der Waals surface area contributed by atoms with Crippen molar-refractivity contribution in [3.05, 3.63) is 29.8 Å². The Morgan fingerprint density at radius 2 is 2.04 bits per heavy atom. The molecule has 0 bridgehead atoms. The summed E-state index contributed by atoms with van der Waals surface area (Å²) in [6.07, 6.45) is 0.903. The van der Waals surface area contributed by atoms with Crippen LogP contribution in [0.25, 0.3) is 0 Å². The number of rotatable bonds is 6. The molecule has 1 aromatic carbocycles. The van der Waals surface area contributed by atoms with E-state index >= 15 is 0 Å². The summed E-state index contributed by atoms with van der Waals surface area (Å²) in [6.45, 7) is 2.65. The molecule has 1 aliphatic heterocycles. The molecule has 2 rings (SSSR count). The van der Waals surface area contributed by atoms with Crippen LogP contribution in [0, 0.1) is 0 Å². The molecular formula is C14H22ClN3O4S. The van der Waals surface area contributed by atoms with Gasteiger partial charge in [-0.15, -0.1) is 12.4 Å². The van der Waals surface area contributed by atoms with E-state index in [9.17, 15) is 13.2 Å². The smallest absolute Gasteiger partial charge is 0.238 e. The SMILES string of the molecule is Cl.NS(=O)(=O)c1ccc(CCNC(=O)CC2CNCCO2)cc1. The summed E-state index contributed by atoms with van der Waals surface area (Å²) >= 11 is 0. The van der Waals surface area contributed by atoms with Gasteiger partial charge in [-0.1, -0.05) is 12.1 Å². The second-order valence-electron chi connectivity index (χ2n) is 5.19. The third-order valence-electron chi connectivity index (χ3n) is 3.41. The first kappa shape index (κ1) is 19.9. The molecule has 0 radical (unpaired) electrons. The lowest BCUT2D eigenvalue weighted by molar-refractivity contribution is -0.124. The molecule has 1 aromatic rings. The number of morpholine rings is 1. The number of sulfonamides is 1. The van der Waals surface area contributed by atoms with Gasteiger partial charge in [-0.05, 0) is 24.1 Å². The predicted octanol–water partition coefficient (Wildman–Crippen LogP) is -0.207. The standard InChI is InChI=1S/C14H21N3O4S.ClH/c15-22(19,20)13-3-1-11(2-4-13)5-6-17-14(18)9-12-10-16-7-8-21-12;/h1-4,12,16H,5-10H2,(H,17,18)(H2,15,19,20);1H. The summed E-state index contributed by atoms with van der Waals surface area (Å²) in [5.41, 5.74) is 0.934. The van der Waals surface area contributed by atoms with E-state index in [1.165, 1.54) is 12.1 Å². The lowest BCUT2D eigenvalue weighted by Gasteiger charge is -2.23. The van der Waals surface area contributed by atoms with Gasteiger partial charge in [0, 0.05) is 19.6 Å². The van der Waals surface area contributed by atoms with Gasteiger partial charge in [0.25, 0.3) is 0 Å². The Balaban J connectivity index is 0.00000264. The quantitative estimate of drug-likeness (QED) is 0.648. The van der Waals surface area contributed by atoms with E-state index < -0.39 is 10.0 Å². The Kier molecular flexibility index (Phi) is 7.93. The number of halogens is 1. The fourth-order valence-corrected chi connectivity index (χ4v) is 2.74. The van der Waals surface area contributed by atoms with Gasteiger partial charge < -0.3 is 15.4 Å². The molecule has 0 aliphatic carbocycles. The summed E-state index contributed by atoms with van der Waals surface area (Å²) in [4.78, 5) is 11.9. The lowest BCUT2D eigenvalue weighted by atomic mass is 10.1. The molecule has 7 nitrogen and oxygen atoms in total. The fourth-order valence-electron chi connectivity index (χ4n) is 2.22. The Morgan fingerprint density at radius 3 is 2.61 bits per heavy atom. The van der Waals surface area contributed by atoms with Crippen LogP contribution in [-0.4, -0.2) is 46.7 Å². The summed E-state index contributed by atoms with van der Waals surface area (Å²) in [7, 11) is -3.66. The highest BCUT2D eigenvalue weighted by molar-refractivity contribution is 7.89. The van der Waals surface area contributed by atoms with Gasteiger partial charge in [0.2, 0.25) is 15.9 Å². The van der Waals surface area contributed by atoms with Gasteiger partial charge >= 0.3 is 0 Å². The van der Waals surface area contributed by atoms with Gasteiger partial charge in [-0.2, -0.15) is 0 Å². The maximum absolute atomic E-state index is 11.8. The van der Waals surface area contributed by atoms with E-state index in [1.807, 2.05) is 0 Å². The first-order valence-corrected chi connectivity index (χ1v) is 8.70. The molecule has 0 aromatic heterocycles. The summed E-state index contributed by atoms with van der Waals surface area (Å²) in [5.74, 6) is -0.0464. The Hall–Kier alpha value is -1.19. The molecule has 130 valence electrons. The van der Waals surface area contributed by atoms with Crippen LogP contribution >= 0.6 is 12.4 Å². The van der Waals surface area contributed by atoms with Crippen LogP contribution in [0.15, 0.2) is 29.2 Å². The van der Waals surface area contributed by atoms with Crippen LogP contribution in [0.4, 0.5) is 0 Å². The zero-order valence-electron chi connectivity index (χ0n) is 12.7. The maximum Gasteiger partial charge on any atom is 0.238 e. The van der Waals surface area contributed by atoms with E-state index in [2.05, 4.69) is 10.6 Å². The lowest BCUT2D eigenvalue weighted by Crippen LogP contribution is -2.41. The number of benzene rings is 1. The molecule has 1 fully saturated rings. The van der Waals surface area contributed by atoms with E-state index in [1.54, 1.807) is 12.1 Å². The third-order valence-corrected chi connectivity index (χ3v) is 4.33. The second kappa shape index (κ2) is 9.19. The molecule has 1 amide bonds. The molecule has 9 heteroatoms. The highest BCUT2D eigenvalue weighted by Gasteiger charge is 2.16. The van der Waals surface area contributed by atoms with Crippen molar-refractivity contribution in [2.45, 2.75) is 23.8 Å². The van der Waals surface area contributed by atoms with Crippen LogP contribution in [-0.2, 0) is 26.0 Å². The number of carbonyl (C=O) groups is 1. The number of hydrogen-bond donors (Lipinski definition) is 3. The third kappa shape index (κ3) is 6.84. The van der Waals surface area contributed by atoms with Crippen molar-refractivity contribution in [3.63, 3.8) is 0 Å². The minimum Gasteiger partial charge on any atom is -0.375 e.